The van der Waals surface area contributed by atoms with Crippen LogP contribution >= 0.6 is 0 Å². The van der Waals surface area contributed by atoms with Crippen LogP contribution in [0.2, 0.25) is 0 Å². The van der Waals surface area contributed by atoms with Crippen LogP contribution in [-0.2, 0) is 0 Å². The molecule has 0 aliphatic rings. The second-order valence-electron chi connectivity index (χ2n) is 1.84. The van der Waals surface area contributed by atoms with E-state index in [1.165, 1.54) is 14.0 Å². The van der Waals surface area contributed by atoms with E-state index >= 15 is 0 Å². The van der Waals surface area contributed by atoms with Crippen molar-refractivity contribution in [3.63, 3.8) is 0 Å². The Bertz CT molecular complexity index is 55.7. The molecular weight excluding hydrogens is 94.1 g/mol. The summed E-state index contributed by atoms with van der Waals surface area (Å²) in [5, 5.41) is 10.0. The van der Waals surface area contributed by atoms with E-state index in [0.29, 0.717) is 0 Å². The van der Waals surface area contributed by atoms with E-state index in [9.17, 15) is 5.21 Å². The summed E-state index contributed by atoms with van der Waals surface area (Å²) >= 11 is 0. The highest BCUT2D eigenvalue weighted by atomic mass is 16.5. The molecule has 1 atom stereocenters. The van der Waals surface area contributed by atoms with Crippen LogP contribution in [-0.4, -0.2) is 12.8 Å². The van der Waals surface area contributed by atoms with Gasteiger partial charge in [-0.3, -0.25) is 11.5 Å². The lowest BCUT2D eigenvalue weighted by atomic mass is 10.4. The van der Waals surface area contributed by atoms with E-state index in [-0.39, 0.29) is 5.06 Å². The second kappa shape index (κ2) is 1.75. The van der Waals surface area contributed by atoms with Gasteiger partial charge in [-0.05, 0) is 0 Å². The third-order valence-electron chi connectivity index (χ3n) is 0.759. The Morgan fingerprint density at radius 2 is 1.71 bits per heavy atom. The van der Waals surface area contributed by atoms with Crippen molar-refractivity contribution in [1.29, 1.82) is 0 Å². The summed E-state index contributed by atoms with van der Waals surface area (Å²) in [6, 6.07) is 0. The molecule has 0 spiro atoms. The van der Waals surface area contributed by atoms with Crippen LogP contribution in [0.5, 0.6) is 0 Å². The number of quaternary nitrogens is 1. The van der Waals surface area contributed by atoms with Gasteiger partial charge in [0.25, 0.3) is 0 Å². The molecule has 1 unspecified atom stereocenters. The van der Waals surface area contributed by atoms with E-state index in [4.69, 9.17) is 11.5 Å². The maximum atomic E-state index is 10.2. The molecule has 0 saturated carbocycles. The molecule has 0 aromatic heterocycles. The van der Waals surface area contributed by atoms with Crippen molar-refractivity contribution in [2.24, 2.45) is 11.5 Å². The van der Waals surface area contributed by atoms with Gasteiger partial charge < -0.3 is 10.3 Å². The van der Waals surface area contributed by atoms with Crippen LogP contribution in [0.25, 0.3) is 0 Å². The van der Waals surface area contributed by atoms with Crippen molar-refractivity contribution < 1.29 is 5.06 Å². The molecule has 0 saturated heterocycles. The third kappa shape index (κ3) is 2.52. The van der Waals surface area contributed by atoms with Gasteiger partial charge in [0.2, 0.25) is 0 Å². The summed E-state index contributed by atoms with van der Waals surface area (Å²) in [6.45, 7) is 1.47. The van der Waals surface area contributed by atoms with E-state index in [1.807, 2.05) is 0 Å². The number of nitrogens with two attached hydrogens (primary N) is 2. The first-order valence-electron chi connectivity index (χ1n) is 2.03. The molecule has 0 amide bonds. The molecule has 0 heterocycles. The maximum absolute atomic E-state index is 10.2. The van der Waals surface area contributed by atoms with Crippen molar-refractivity contribution in [1.82, 2.24) is 0 Å². The van der Waals surface area contributed by atoms with Gasteiger partial charge in [-0.25, -0.2) is 0 Å². The number of hydroxylamine groups is 2. The lowest BCUT2D eigenvalue weighted by Gasteiger charge is -2.29. The summed E-state index contributed by atoms with van der Waals surface area (Å²) in [6.07, 6.45) is 0. The Morgan fingerprint density at radius 1 is 1.57 bits per heavy atom. The SMILES string of the molecule is C[NH+]([O-])C(C)(N)N. The molecule has 0 fully saturated rings. The van der Waals surface area contributed by atoms with Gasteiger partial charge in [0.15, 0.2) is 5.79 Å². The van der Waals surface area contributed by atoms with Gasteiger partial charge in [-0.15, -0.1) is 0 Å². The zero-order valence-corrected chi connectivity index (χ0v) is 4.56. The molecule has 44 valence electrons. The lowest BCUT2D eigenvalue weighted by molar-refractivity contribution is -0.882. The monoisotopic (exact) mass is 105 g/mol. The molecular formula is C3H11N3O. The molecule has 4 heteroatoms. The van der Waals surface area contributed by atoms with Gasteiger partial charge in [-0.1, -0.05) is 0 Å². The van der Waals surface area contributed by atoms with Gasteiger partial charge in [-0.2, -0.15) is 0 Å². The zero-order chi connectivity index (χ0) is 6.08. The Kier molecular flexibility index (Phi) is 1.71. The Balaban J connectivity index is 3.54. The Morgan fingerprint density at radius 3 is 1.71 bits per heavy atom. The standard InChI is InChI=1S/C3H11N3O/c1-3(4,5)6(2)7/h6H,4-5H2,1-2H3. The van der Waals surface area contributed by atoms with E-state index < -0.39 is 5.79 Å². The normalized spacial score (nSPS) is 16.7. The number of hydrogen-bond acceptors (Lipinski definition) is 3. The fourth-order valence-electron chi connectivity index (χ4n) is 0. The predicted molar refractivity (Wildman–Crippen MR) is 27.0 cm³/mol. The van der Waals surface area contributed by atoms with Gasteiger partial charge >= 0.3 is 0 Å². The molecule has 0 radical (unpaired) electrons. The highest BCUT2D eigenvalue weighted by molar-refractivity contribution is 4.48. The minimum Gasteiger partial charge on any atom is -0.632 e. The quantitative estimate of drug-likeness (QED) is 0.257. The third-order valence-corrected chi connectivity index (χ3v) is 0.759. The average molecular weight is 105 g/mol. The number of nitrogens with one attached hydrogen (secondary N) is 1. The summed E-state index contributed by atoms with van der Waals surface area (Å²) in [4.78, 5) is 0. The van der Waals surface area contributed by atoms with Gasteiger partial charge in [0, 0.05) is 6.92 Å². The van der Waals surface area contributed by atoms with Crippen LogP contribution < -0.4 is 16.5 Å². The molecule has 0 rings (SSSR count). The van der Waals surface area contributed by atoms with Crippen LogP contribution in [0, 0.1) is 5.21 Å². The molecule has 0 bridgehead atoms. The van der Waals surface area contributed by atoms with Crippen molar-refractivity contribution in [2.75, 3.05) is 7.05 Å². The highest BCUT2D eigenvalue weighted by Gasteiger charge is 2.13. The number of rotatable bonds is 1. The molecule has 4 nitrogen and oxygen atoms in total. The fraction of sp³-hybridized carbons (Fsp3) is 1.00. The first-order valence-corrected chi connectivity index (χ1v) is 2.03. The first kappa shape index (κ1) is 6.84. The van der Waals surface area contributed by atoms with Crippen LogP contribution in [0.1, 0.15) is 6.92 Å². The first-order chi connectivity index (χ1) is 2.94. The van der Waals surface area contributed by atoms with Crippen molar-refractivity contribution >= 4 is 0 Å². The summed E-state index contributed by atoms with van der Waals surface area (Å²) in [5.74, 6) is -1.14. The van der Waals surface area contributed by atoms with Gasteiger partial charge in [0.1, 0.15) is 0 Å². The second-order valence-corrected chi connectivity index (χ2v) is 1.84. The van der Waals surface area contributed by atoms with Crippen molar-refractivity contribution in [3.8, 4) is 0 Å². The van der Waals surface area contributed by atoms with Crippen molar-refractivity contribution in [3.05, 3.63) is 5.21 Å². The Hall–Kier alpha value is -0.160. The minimum atomic E-state index is -1.14. The van der Waals surface area contributed by atoms with Crippen LogP contribution in [0.4, 0.5) is 0 Å². The van der Waals surface area contributed by atoms with Gasteiger partial charge in [0.05, 0.1) is 7.05 Å². The van der Waals surface area contributed by atoms with Crippen LogP contribution in [0.3, 0.4) is 0 Å². The predicted octanol–water partition coefficient (Wildman–Crippen LogP) is -2.41. The minimum absolute atomic E-state index is 0.201. The summed E-state index contributed by atoms with van der Waals surface area (Å²) in [5.41, 5.74) is 10.2. The zero-order valence-electron chi connectivity index (χ0n) is 4.56. The number of hydrogen-bond donors (Lipinski definition) is 3. The molecule has 5 N–H and O–H groups in total. The molecule has 0 aliphatic carbocycles. The molecule has 0 aromatic carbocycles. The van der Waals surface area contributed by atoms with E-state index in [0.717, 1.165) is 0 Å². The highest BCUT2D eigenvalue weighted by Crippen LogP contribution is 1.64. The Labute approximate surface area is 42.7 Å². The van der Waals surface area contributed by atoms with Crippen molar-refractivity contribution in [2.45, 2.75) is 12.7 Å². The fourth-order valence-corrected chi connectivity index (χ4v) is 0. The van der Waals surface area contributed by atoms with Crippen LogP contribution in [0.15, 0.2) is 0 Å². The topological polar surface area (TPSA) is 79.5 Å². The molecule has 7 heavy (non-hydrogen) atoms. The van der Waals surface area contributed by atoms with E-state index in [2.05, 4.69) is 0 Å². The molecule has 0 aliphatic heterocycles. The average Bonchev–Trinajstić information content (AvgIpc) is 1.31. The molecule has 0 aromatic rings. The lowest BCUT2D eigenvalue weighted by Crippen LogP contribution is -3.17. The largest absolute Gasteiger partial charge is 0.632 e. The summed E-state index contributed by atoms with van der Waals surface area (Å²) in [7, 11) is 1.36. The van der Waals surface area contributed by atoms with E-state index in [1.54, 1.807) is 0 Å². The summed E-state index contributed by atoms with van der Waals surface area (Å²) < 4.78 is 0. The smallest absolute Gasteiger partial charge is 0.200 e. The maximum Gasteiger partial charge on any atom is 0.200 e.